The molecule has 0 heterocycles. The highest BCUT2D eigenvalue weighted by molar-refractivity contribution is 7.89. The first-order valence-electron chi connectivity index (χ1n) is 6.84. The van der Waals surface area contributed by atoms with Gasteiger partial charge in [0.15, 0.2) is 0 Å². The van der Waals surface area contributed by atoms with Gasteiger partial charge in [-0.2, -0.15) is 0 Å². The monoisotopic (exact) mass is 313 g/mol. The van der Waals surface area contributed by atoms with Crippen molar-refractivity contribution >= 4 is 21.6 Å². The van der Waals surface area contributed by atoms with E-state index in [1.807, 2.05) is 13.8 Å². The zero-order valence-corrected chi connectivity index (χ0v) is 13.6. The lowest BCUT2D eigenvalue weighted by Crippen LogP contribution is -2.39. The van der Waals surface area contributed by atoms with Crippen LogP contribution in [0.4, 0.5) is 5.69 Å². The van der Waals surface area contributed by atoms with Crippen LogP contribution >= 0.6 is 0 Å². The number of sulfonamides is 1. The molecule has 0 saturated carbocycles. The summed E-state index contributed by atoms with van der Waals surface area (Å²) in [6.07, 6.45) is 0. The Morgan fingerprint density at radius 2 is 1.81 bits per heavy atom. The number of hydrogen-bond acceptors (Lipinski definition) is 4. The van der Waals surface area contributed by atoms with E-state index in [2.05, 4.69) is 15.4 Å². The number of carbonyl (C=O) groups excluding carboxylic acids is 1. The molecule has 1 aromatic carbocycles. The Labute approximate surface area is 126 Å². The van der Waals surface area contributed by atoms with Crippen LogP contribution in [-0.2, 0) is 14.8 Å². The van der Waals surface area contributed by atoms with E-state index in [1.54, 1.807) is 25.1 Å². The summed E-state index contributed by atoms with van der Waals surface area (Å²) in [6, 6.07) is 5.95. The van der Waals surface area contributed by atoms with Gasteiger partial charge in [0.1, 0.15) is 10.9 Å². The molecule has 1 unspecified atom stereocenters. The first kappa shape index (κ1) is 17.5. The highest BCUT2D eigenvalue weighted by Crippen LogP contribution is 2.21. The Kier molecular flexibility index (Phi) is 6.17. The van der Waals surface area contributed by atoms with E-state index in [4.69, 9.17) is 0 Å². The number of rotatable bonds is 7. The Balaban J connectivity index is 2.86. The van der Waals surface area contributed by atoms with Crippen molar-refractivity contribution in [3.8, 4) is 0 Å². The van der Waals surface area contributed by atoms with Crippen molar-refractivity contribution in [2.24, 2.45) is 5.92 Å². The molecule has 0 radical (unpaired) electrons. The largest absolute Gasteiger partial charge is 0.373 e. The first-order chi connectivity index (χ1) is 9.77. The maximum absolute atomic E-state index is 11.9. The van der Waals surface area contributed by atoms with Crippen LogP contribution in [0.2, 0.25) is 0 Å². The molecule has 0 fully saturated rings. The summed E-state index contributed by atoms with van der Waals surface area (Å²) in [7, 11) is -2.22. The third kappa shape index (κ3) is 5.02. The lowest BCUT2D eigenvalue weighted by atomic mass is 10.2. The molecule has 1 atom stereocenters. The van der Waals surface area contributed by atoms with Gasteiger partial charge in [-0.1, -0.05) is 26.0 Å². The van der Waals surface area contributed by atoms with Crippen molar-refractivity contribution in [3.63, 3.8) is 0 Å². The van der Waals surface area contributed by atoms with Crippen LogP contribution in [0.5, 0.6) is 0 Å². The summed E-state index contributed by atoms with van der Waals surface area (Å²) in [5.74, 6) is 0.193. The van der Waals surface area contributed by atoms with Crippen LogP contribution in [0, 0.1) is 5.92 Å². The lowest BCUT2D eigenvalue weighted by Gasteiger charge is -2.18. The van der Waals surface area contributed by atoms with Crippen LogP contribution in [0.15, 0.2) is 29.2 Å². The maximum atomic E-state index is 11.9. The number of para-hydroxylation sites is 1. The molecule has 0 aliphatic carbocycles. The summed E-state index contributed by atoms with van der Waals surface area (Å²) in [4.78, 5) is 12.1. The van der Waals surface area contributed by atoms with Crippen molar-refractivity contribution in [1.29, 1.82) is 0 Å². The number of nitrogens with one attached hydrogen (secondary N) is 3. The number of benzene rings is 1. The van der Waals surface area contributed by atoms with Crippen molar-refractivity contribution in [2.75, 3.05) is 18.9 Å². The van der Waals surface area contributed by atoms with Gasteiger partial charge in [-0.05, 0) is 32.0 Å². The molecule has 3 N–H and O–H groups in total. The van der Waals surface area contributed by atoms with Crippen LogP contribution in [0.1, 0.15) is 20.8 Å². The molecule has 21 heavy (non-hydrogen) atoms. The Bertz CT molecular complexity index is 585. The third-order valence-corrected chi connectivity index (χ3v) is 4.37. The molecule has 118 valence electrons. The molecule has 7 heteroatoms. The molecule has 1 aromatic rings. The molecule has 0 spiro atoms. The molecule has 6 nitrogen and oxygen atoms in total. The van der Waals surface area contributed by atoms with E-state index >= 15 is 0 Å². The topological polar surface area (TPSA) is 87.3 Å². The van der Waals surface area contributed by atoms with Gasteiger partial charge in [0.2, 0.25) is 15.9 Å². The number of hydrogen-bond donors (Lipinski definition) is 3. The summed E-state index contributed by atoms with van der Waals surface area (Å²) < 4.78 is 26.1. The van der Waals surface area contributed by atoms with Gasteiger partial charge in [-0.25, -0.2) is 13.1 Å². The van der Waals surface area contributed by atoms with Gasteiger partial charge in [0, 0.05) is 6.54 Å². The van der Waals surface area contributed by atoms with E-state index in [9.17, 15) is 13.2 Å². The Morgan fingerprint density at radius 1 is 1.19 bits per heavy atom. The average molecular weight is 313 g/mol. The lowest BCUT2D eigenvalue weighted by molar-refractivity contribution is -0.121. The fourth-order valence-corrected chi connectivity index (χ4v) is 2.58. The Hall–Kier alpha value is -1.60. The number of anilines is 1. The second-order valence-electron chi connectivity index (χ2n) is 5.21. The fraction of sp³-hybridized carbons (Fsp3) is 0.500. The SMILES string of the molecule is CNS(=O)(=O)c1ccccc1NC(C)C(=O)NCC(C)C. The summed E-state index contributed by atoms with van der Waals surface area (Å²) in [6.45, 7) is 6.29. The van der Waals surface area contributed by atoms with Crippen molar-refractivity contribution < 1.29 is 13.2 Å². The molecule has 0 aromatic heterocycles. The normalized spacial score (nSPS) is 13.0. The molecule has 1 amide bonds. The zero-order chi connectivity index (χ0) is 16.0. The average Bonchev–Trinajstić information content (AvgIpc) is 2.45. The highest BCUT2D eigenvalue weighted by Gasteiger charge is 2.19. The molecule has 0 aliphatic rings. The molecule has 0 aliphatic heterocycles. The van der Waals surface area contributed by atoms with Gasteiger partial charge in [-0.15, -0.1) is 0 Å². The van der Waals surface area contributed by atoms with Crippen LogP contribution in [0.25, 0.3) is 0 Å². The standard InChI is InChI=1S/C14H23N3O3S/c1-10(2)9-16-14(18)11(3)17-12-7-5-6-8-13(12)21(19,20)15-4/h5-8,10-11,15,17H,9H2,1-4H3,(H,16,18). The number of carbonyl (C=O) groups is 1. The van der Waals surface area contributed by atoms with E-state index in [0.717, 1.165) is 0 Å². The highest BCUT2D eigenvalue weighted by atomic mass is 32.2. The second kappa shape index (κ2) is 7.42. The predicted molar refractivity (Wildman–Crippen MR) is 83.6 cm³/mol. The van der Waals surface area contributed by atoms with Gasteiger partial charge in [0.25, 0.3) is 0 Å². The van der Waals surface area contributed by atoms with E-state index in [0.29, 0.717) is 18.2 Å². The fourth-order valence-electron chi connectivity index (χ4n) is 1.69. The zero-order valence-electron chi connectivity index (χ0n) is 12.8. The van der Waals surface area contributed by atoms with Crippen molar-refractivity contribution in [3.05, 3.63) is 24.3 Å². The second-order valence-corrected chi connectivity index (χ2v) is 7.06. The quantitative estimate of drug-likeness (QED) is 0.705. The molecular weight excluding hydrogens is 290 g/mol. The minimum absolute atomic E-state index is 0.121. The molecular formula is C14H23N3O3S. The number of amides is 1. The Morgan fingerprint density at radius 3 is 2.38 bits per heavy atom. The minimum atomic E-state index is -3.57. The van der Waals surface area contributed by atoms with Gasteiger partial charge in [-0.3, -0.25) is 4.79 Å². The van der Waals surface area contributed by atoms with Gasteiger partial charge < -0.3 is 10.6 Å². The smallest absolute Gasteiger partial charge is 0.242 e. The van der Waals surface area contributed by atoms with E-state index in [1.165, 1.54) is 13.1 Å². The third-order valence-electron chi connectivity index (χ3n) is 2.90. The predicted octanol–water partition coefficient (Wildman–Crippen LogP) is 1.17. The maximum Gasteiger partial charge on any atom is 0.242 e. The minimum Gasteiger partial charge on any atom is -0.373 e. The van der Waals surface area contributed by atoms with Gasteiger partial charge in [0.05, 0.1) is 5.69 Å². The van der Waals surface area contributed by atoms with Crippen molar-refractivity contribution in [2.45, 2.75) is 31.7 Å². The molecule has 1 rings (SSSR count). The van der Waals surface area contributed by atoms with E-state index < -0.39 is 16.1 Å². The van der Waals surface area contributed by atoms with Crippen LogP contribution in [-0.4, -0.2) is 34.0 Å². The van der Waals surface area contributed by atoms with Crippen LogP contribution in [0.3, 0.4) is 0 Å². The summed E-state index contributed by atoms with van der Waals surface area (Å²) >= 11 is 0. The van der Waals surface area contributed by atoms with E-state index in [-0.39, 0.29) is 10.8 Å². The summed E-state index contributed by atoms with van der Waals surface area (Å²) in [5, 5.41) is 5.75. The van der Waals surface area contributed by atoms with Gasteiger partial charge >= 0.3 is 0 Å². The summed E-state index contributed by atoms with van der Waals surface area (Å²) in [5.41, 5.74) is 0.402. The van der Waals surface area contributed by atoms with Crippen LogP contribution < -0.4 is 15.4 Å². The first-order valence-corrected chi connectivity index (χ1v) is 8.33. The van der Waals surface area contributed by atoms with Crippen molar-refractivity contribution in [1.82, 2.24) is 10.0 Å². The molecule has 0 saturated heterocycles. The molecule has 0 bridgehead atoms.